The Bertz CT molecular complexity index is 698. The third-order valence-electron chi connectivity index (χ3n) is 5.74. The molecule has 0 amide bonds. The van der Waals surface area contributed by atoms with Crippen molar-refractivity contribution in [1.29, 1.82) is 0 Å². The number of hydrogen-bond acceptors (Lipinski definition) is 3. The van der Waals surface area contributed by atoms with Crippen molar-refractivity contribution in [1.82, 2.24) is 4.90 Å². The molecule has 1 aliphatic rings. The van der Waals surface area contributed by atoms with Gasteiger partial charge in [-0.3, -0.25) is 0 Å². The van der Waals surface area contributed by atoms with Crippen LogP contribution in [0.4, 0.5) is 0 Å². The first-order valence-corrected chi connectivity index (χ1v) is 10.8. The van der Waals surface area contributed by atoms with Crippen molar-refractivity contribution in [3.8, 4) is 11.5 Å². The first-order valence-electron chi connectivity index (χ1n) is 10.8. The third kappa shape index (κ3) is 6.56. The zero-order chi connectivity index (χ0) is 19.6. The van der Waals surface area contributed by atoms with Crippen LogP contribution in [0, 0.1) is 5.92 Å². The minimum absolute atomic E-state index is 0.663. The molecule has 1 fully saturated rings. The number of ether oxygens (including phenoxy) is 2. The van der Waals surface area contributed by atoms with Crippen molar-refractivity contribution in [2.24, 2.45) is 5.92 Å². The zero-order valence-electron chi connectivity index (χ0n) is 17.5. The van der Waals surface area contributed by atoms with Gasteiger partial charge in [-0.1, -0.05) is 36.8 Å². The average Bonchev–Trinajstić information content (AvgIpc) is 2.73. The molecule has 0 radical (unpaired) electrons. The van der Waals surface area contributed by atoms with Crippen LogP contribution in [0.15, 0.2) is 48.5 Å². The van der Waals surface area contributed by atoms with Crippen LogP contribution >= 0.6 is 0 Å². The van der Waals surface area contributed by atoms with E-state index in [-0.39, 0.29) is 0 Å². The van der Waals surface area contributed by atoms with E-state index in [1.807, 2.05) is 12.1 Å². The topological polar surface area (TPSA) is 21.7 Å². The Balaban J connectivity index is 1.39. The van der Waals surface area contributed by atoms with Crippen LogP contribution in [0.2, 0.25) is 0 Å². The Morgan fingerprint density at radius 1 is 0.964 bits per heavy atom. The largest absolute Gasteiger partial charge is 0.497 e. The van der Waals surface area contributed by atoms with E-state index in [1.54, 1.807) is 7.11 Å². The van der Waals surface area contributed by atoms with Gasteiger partial charge in [-0.25, -0.2) is 0 Å². The van der Waals surface area contributed by atoms with E-state index in [0.29, 0.717) is 5.92 Å². The lowest BCUT2D eigenvalue weighted by Gasteiger charge is -2.29. The smallest absolute Gasteiger partial charge is 0.122 e. The number of unbranched alkanes of at least 4 members (excludes halogenated alkanes) is 2. The molecule has 2 aromatic rings. The highest BCUT2D eigenvalue weighted by atomic mass is 16.5. The summed E-state index contributed by atoms with van der Waals surface area (Å²) in [5, 5.41) is 0. The fourth-order valence-electron chi connectivity index (χ4n) is 4.08. The lowest BCUT2D eigenvalue weighted by Crippen LogP contribution is -2.34. The van der Waals surface area contributed by atoms with Crippen LogP contribution in [0.25, 0.3) is 0 Å². The molecule has 0 bridgehead atoms. The monoisotopic (exact) mass is 381 g/mol. The maximum Gasteiger partial charge on any atom is 0.122 e. The number of aryl methyl sites for hydroxylation is 2. The van der Waals surface area contributed by atoms with E-state index in [9.17, 15) is 0 Å². The number of nitrogens with zero attached hydrogens (tertiary/aromatic N) is 1. The van der Waals surface area contributed by atoms with Crippen LogP contribution in [-0.2, 0) is 12.8 Å². The Morgan fingerprint density at radius 2 is 1.75 bits per heavy atom. The molecule has 0 aliphatic carbocycles. The fourth-order valence-corrected chi connectivity index (χ4v) is 4.08. The molecule has 1 unspecified atom stereocenters. The second-order valence-corrected chi connectivity index (χ2v) is 8.10. The summed E-state index contributed by atoms with van der Waals surface area (Å²) < 4.78 is 11.5. The van der Waals surface area contributed by atoms with Gasteiger partial charge in [0.05, 0.1) is 13.7 Å². The van der Waals surface area contributed by atoms with Gasteiger partial charge in [0.25, 0.3) is 0 Å². The number of hydrogen-bond donors (Lipinski definition) is 0. The van der Waals surface area contributed by atoms with Crippen molar-refractivity contribution in [2.45, 2.75) is 44.9 Å². The third-order valence-corrected chi connectivity index (χ3v) is 5.74. The lowest BCUT2D eigenvalue weighted by atomic mass is 9.99. The number of piperidine rings is 1. The summed E-state index contributed by atoms with van der Waals surface area (Å²) in [6, 6.07) is 17.0. The lowest BCUT2D eigenvalue weighted by molar-refractivity contribution is 0.150. The van der Waals surface area contributed by atoms with E-state index in [4.69, 9.17) is 9.47 Å². The molecular formula is C25H35NO2. The standard InChI is InChI=1S/C25H35NO2/c1-26-18-8-10-22(19-26)20-28-25-13-7-6-12-23(25)11-5-3-4-9-21-14-16-24(27-2)17-15-21/h6-7,12-17,22H,3-5,8-11,18-20H2,1-2H3. The number of para-hydroxylation sites is 1. The highest BCUT2D eigenvalue weighted by molar-refractivity contribution is 5.33. The summed E-state index contributed by atoms with van der Waals surface area (Å²) in [6.07, 6.45) is 8.50. The summed E-state index contributed by atoms with van der Waals surface area (Å²) in [4.78, 5) is 2.42. The molecule has 1 aliphatic heterocycles. The molecule has 0 saturated carbocycles. The van der Waals surface area contributed by atoms with Gasteiger partial charge in [-0.05, 0) is 81.4 Å². The summed E-state index contributed by atoms with van der Waals surface area (Å²) in [5.41, 5.74) is 2.75. The molecule has 3 nitrogen and oxygen atoms in total. The highest BCUT2D eigenvalue weighted by Gasteiger charge is 2.18. The van der Waals surface area contributed by atoms with E-state index in [1.165, 1.54) is 49.8 Å². The number of rotatable bonds is 10. The molecule has 0 aromatic heterocycles. The van der Waals surface area contributed by atoms with E-state index < -0.39 is 0 Å². The van der Waals surface area contributed by atoms with E-state index in [0.717, 1.165) is 37.5 Å². The Labute approximate surface area is 170 Å². The molecule has 1 heterocycles. The predicted octanol–water partition coefficient (Wildman–Crippen LogP) is 5.37. The van der Waals surface area contributed by atoms with Crippen molar-refractivity contribution in [2.75, 3.05) is 33.9 Å². The molecule has 0 spiro atoms. The van der Waals surface area contributed by atoms with Crippen LogP contribution < -0.4 is 9.47 Å². The van der Waals surface area contributed by atoms with E-state index in [2.05, 4.69) is 48.3 Å². The maximum atomic E-state index is 6.23. The zero-order valence-corrected chi connectivity index (χ0v) is 17.5. The molecule has 3 rings (SSSR count). The Hall–Kier alpha value is -2.00. The summed E-state index contributed by atoms with van der Waals surface area (Å²) in [7, 11) is 3.93. The quantitative estimate of drug-likeness (QED) is 0.516. The molecule has 2 aromatic carbocycles. The molecule has 3 heteroatoms. The summed E-state index contributed by atoms with van der Waals surface area (Å²) >= 11 is 0. The van der Waals surface area contributed by atoms with Gasteiger partial charge in [-0.15, -0.1) is 0 Å². The second kappa shape index (κ2) is 11.1. The molecule has 152 valence electrons. The second-order valence-electron chi connectivity index (χ2n) is 8.10. The van der Waals surface area contributed by atoms with Gasteiger partial charge >= 0.3 is 0 Å². The highest BCUT2D eigenvalue weighted by Crippen LogP contribution is 2.23. The minimum Gasteiger partial charge on any atom is -0.497 e. The Morgan fingerprint density at radius 3 is 2.54 bits per heavy atom. The van der Waals surface area contributed by atoms with E-state index >= 15 is 0 Å². The summed E-state index contributed by atoms with van der Waals surface area (Å²) in [5.74, 6) is 2.68. The normalized spacial score (nSPS) is 17.4. The molecule has 0 N–H and O–H groups in total. The van der Waals surface area contributed by atoms with Gasteiger partial charge in [0.1, 0.15) is 11.5 Å². The minimum atomic E-state index is 0.663. The van der Waals surface area contributed by atoms with Crippen LogP contribution in [0.5, 0.6) is 11.5 Å². The van der Waals surface area contributed by atoms with Crippen LogP contribution in [0.3, 0.4) is 0 Å². The SMILES string of the molecule is COc1ccc(CCCCCc2ccccc2OCC2CCCN(C)C2)cc1. The number of benzene rings is 2. The van der Waals surface area contributed by atoms with Gasteiger partial charge in [-0.2, -0.15) is 0 Å². The first-order chi connectivity index (χ1) is 13.7. The first kappa shape index (κ1) is 20.7. The van der Waals surface area contributed by atoms with Crippen molar-refractivity contribution >= 4 is 0 Å². The van der Waals surface area contributed by atoms with Crippen LogP contribution in [-0.4, -0.2) is 38.8 Å². The van der Waals surface area contributed by atoms with Gasteiger partial charge in [0.2, 0.25) is 0 Å². The summed E-state index contributed by atoms with van der Waals surface area (Å²) in [6.45, 7) is 3.23. The van der Waals surface area contributed by atoms with Gasteiger partial charge in [0.15, 0.2) is 0 Å². The van der Waals surface area contributed by atoms with Crippen molar-refractivity contribution in [3.05, 3.63) is 59.7 Å². The molecule has 28 heavy (non-hydrogen) atoms. The van der Waals surface area contributed by atoms with Crippen LogP contribution in [0.1, 0.15) is 43.2 Å². The van der Waals surface area contributed by atoms with Crippen molar-refractivity contribution in [3.63, 3.8) is 0 Å². The van der Waals surface area contributed by atoms with Gasteiger partial charge < -0.3 is 14.4 Å². The number of likely N-dealkylation sites (tertiary alicyclic amines) is 1. The number of methoxy groups -OCH3 is 1. The molecule has 1 atom stereocenters. The maximum absolute atomic E-state index is 6.23. The fraction of sp³-hybridized carbons (Fsp3) is 0.520. The average molecular weight is 382 g/mol. The molecular weight excluding hydrogens is 346 g/mol. The predicted molar refractivity (Wildman–Crippen MR) is 116 cm³/mol. The van der Waals surface area contributed by atoms with Gasteiger partial charge in [0, 0.05) is 12.5 Å². The molecule has 1 saturated heterocycles. The van der Waals surface area contributed by atoms with Crippen molar-refractivity contribution < 1.29 is 9.47 Å². The Kier molecular flexibility index (Phi) is 8.23.